The van der Waals surface area contributed by atoms with Gasteiger partial charge in [0.15, 0.2) is 18.0 Å². The molecule has 4 nitrogen and oxygen atoms in total. The summed E-state index contributed by atoms with van der Waals surface area (Å²) in [7, 11) is 0. The van der Waals surface area contributed by atoms with Gasteiger partial charge in [0.05, 0.1) is 0 Å². The molecule has 4 heteroatoms. The van der Waals surface area contributed by atoms with E-state index in [9.17, 15) is 5.11 Å². The number of ether oxygens (including phenoxy) is 2. The van der Waals surface area contributed by atoms with Crippen molar-refractivity contribution in [3.63, 3.8) is 0 Å². The van der Waals surface area contributed by atoms with E-state index >= 15 is 0 Å². The second-order valence-electron chi connectivity index (χ2n) is 5.85. The van der Waals surface area contributed by atoms with Gasteiger partial charge in [-0.15, -0.1) is 0 Å². The lowest BCUT2D eigenvalue weighted by Gasteiger charge is -2.32. The summed E-state index contributed by atoms with van der Waals surface area (Å²) in [5.41, 5.74) is -0.218. The number of nitrogens with one attached hydrogen (secondary N) is 1. The first-order valence-corrected chi connectivity index (χ1v) is 6.23. The van der Waals surface area contributed by atoms with Gasteiger partial charge in [0, 0.05) is 11.8 Å². The van der Waals surface area contributed by atoms with Crippen LogP contribution in [0.25, 0.3) is 0 Å². The van der Waals surface area contributed by atoms with Gasteiger partial charge in [-0.3, -0.25) is 4.90 Å². The molecule has 2 aliphatic rings. The molecule has 2 rings (SSSR count). The summed E-state index contributed by atoms with van der Waals surface area (Å²) in [5, 5.41) is 9.65. The van der Waals surface area contributed by atoms with Gasteiger partial charge in [-0.05, 0) is 0 Å². The van der Waals surface area contributed by atoms with E-state index in [-0.39, 0.29) is 24.6 Å². The first-order valence-electron chi connectivity index (χ1n) is 6.23. The third-order valence-corrected chi connectivity index (χ3v) is 3.82. The van der Waals surface area contributed by atoms with Crippen LogP contribution in [-0.2, 0) is 9.47 Å². The first kappa shape index (κ1) is 12.3. The van der Waals surface area contributed by atoms with E-state index < -0.39 is 0 Å². The minimum atomic E-state index is -0.218. The lowest BCUT2D eigenvalue weighted by molar-refractivity contribution is -0.995. The van der Waals surface area contributed by atoms with E-state index in [0.29, 0.717) is 25.0 Å². The van der Waals surface area contributed by atoms with Crippen molar-refractivity contribution >= 4 is 0 Å². The van der Waals surface area contributed by atoms with Crippen LogP contribution in [0.1, 0.15) is 27.7 Å². The van der Waals surface area contributed by atoms with Gasteiger partial charge in [0.1, 0.15) is 19.8 Å². The standard InChI is InChI=1S/C12H23NO3/c1-8(2)10-13-11(9(3)4)16-7-12(13,5-14)6-15-10/h8-11,14H,5-7H2,1-4H3/p+1/t10-,11-/m0/s1. The second-order valence-corrected chi connectivity index (χ2v) is 5.85. The number of rotatable bonds is 3. The average molecular weight is 230 g/mol. The molecule has 2 saturated heterocycles. The minimum absolute atomic E-state index is 0.148. The number of hydrogen-bond donors (Lipinski definition) is 2. The predicted molar refractivity (Wildman–Crippen MR) is 59.9 cm³/mol. The summed E-state index contributed by atoms with van der Waals surface area (Å²) >= 11 is 0. The number of hydrogen-bond acceptors (Lipinski definition) is 3. The van der Waals surface area contributed by atoms with Crippen LogP contribution < -0.4 is 4.90 Å². The Kier molecular flexibility index (Phi) is 3.27. The van der Waals surface area contributed by atoms with Gasteiger partial charge in [0.2, 0.25) is 0 Å². The van der Waals surface area contributed by atoms with Gasteiger partial charge >= 0.3 is 0 Å². The Morgan fingerprint density at radius 1 is 1.12 bits per heavy atom. The van der Waals surface area contributed by atoms with E-state index in [1.165, 1.54) is 4.90 Å². The molecule has 0 saturated carbocycles. The van der Waals surface area contributed by atoms with Crippen molar-refractivity contribution in [2.75, 3.05) is 19.8 Å². The molecular formula is C12H24NO3+. The lowest BCUT2D eigenvalue weighted by Crippen LogP contribution is -3.24. The Bertz CT molecular complexity index is 235. The highest BCUT2D eigenvalue weighted by Gasteiger charge is 2.61. The van der Waals surface area contributed by atoms with Crippen LogP contribution >= 0.6 is 0 Å². The van der Waals surface area contributed by atoms with Crippen LogP contribution in [0.5, 0.6) is 0 Å². The summed E-state index contributed by atoms with van der Waals surface area (Å²) in [6, 6.07) is 0. The monoisotopic (exact) mass is 230 g/mol. The molecule has 2 heterocycles. The zero-order chi connectivity index (χ0) is 11.9. The van der Waals surface area contributed by atoms with Gasteiger partial charge in [0.25, 0.3) is 0 Å². The first-order chi connectivity index (χ1) is 7.52. The van der Waals surface area contributed by atoms with Gasteiger partial charge < -0.3 is 14.6 Å². The van der Waals surface area contributed by atoms with Crippen molar-refractivity contribution in [2.45, 2.75) is 45.7 Å². The summed E-state index contributed by atoms with van der Waals surface area (Å²) in [4.78, 5) is 1.31. The highest BCUT2D eigenvalue weighted by molar-refractivity contribution is 4.87. The van der Waals surface area contributed by atoms with Gasteiger partial charge in [-0.25, -0.2) is 0 Å². The Morgan fingerprint density at radius 2 is 1.56 bits per heavy atom. The van der Waals surface area contributed by atoms with E-state index in [4.69, 9.17) is 9.47 Å². The molecule has 0 aromatic carbocycles. The molecule has 0 amide bonds. The highest BCUT2D eigenvalue weighted by Crippen LogP contribution is 2.23. The fourth-order valence-corrected chi connectivity index (χ4v) is 2.94. The molecule has 0 radical (unpaired) electrons. The van der Waals surface area contributed by atoms with Crippen LogP contribution in [0.2, 0.25) is 0 Å². The smallest absolute Gasteiger partial charge is 0.196 e. The van der Waals surface area contributed by atoms with Crippen molar-refractivity contribution in [2.24, 2.45) is 11.8 Å². The van der Waals surface area contributed by atoms with Crippen molar-refractivity contribution in [1.82, 2.24) is 0 Å². The van der Waals surface area contributed by atoms with E-state index in [1.54, 1.807) is 0 Å². The SMILES string of the molecule is CC(C)[C@@H]1OCC2(CO)CO[C@@H](C(C)C)[NH+]12. The van der Waals surface area contributed by atoms with Gasteiger partial charge in [-0.1, -0.05) is 27.7 Å². The normalized spacial score (nSPS) is 43.3. The average Bonchev–Trinajstić information content (AvgIpc) is 2.72. The molecule has 0 aromatic rings. The van der Waals surface area contributed by atoms with Crippen molar-refractivity contribution in [3.05, 3.63) is 0 Å². The molecule has 0 aliphatic carbocycles. The number of aliphatic hydroxyl groups is 1. The number of aliphatic hydroxyl groups excluding tert-OH is 1. The minimum Gasteiger partial charge on any atom is -0.390 e. The molecule has 2 aliphatic heterocycles. The third-order valence-electron chi connectivity index (χ3n) is 3.82. The number of quaternary nitrogens is 1. The summed E-state index contributed by atoms with van der Waals surface area (Å²) in [6.45, 7) is 10.0. The van der Waals surface area contributed by atoms with Crippen LogP contribution in [0.3, 0.4) is 0 Å². The van der Waals surface area contributed by atoms with E-state index in [2.05, 4.69) is 27.7 Å². The fraction of sp³-hybridized carbons (Fsp3) is 1.00. The fourth-order valence-electron chi connectivity index (χ4n) is 2.94. The van der Waals surface area contributed by atoms with Crippen molar-refractivity contribution < 1.29 is 19.5 Å². The van der Waals surface area contributed by atoms with Gasteiger partial charge in [-0.2, -0.15) is 0 Å². The lowest BCUT2D eigenvalue weighted by atomic mass is 10.00. The quantitative estimate of drug-likeness (QED) is 0.695. The Balaban J connectivity index is 2.25. The van der Waals surface area contributed by atoms with Crippen LogP contribution in [0.15, 0.2) is 0 Å². The van der Waals surface area contributed by atoms with Crippen LogP contribution in [0.4, 0.5) is 0 Å². The maximum absolute atomic E-state index is 9.65. The molecule has 0 bridgehead atoms. The largest absolute Gasteiger partial charge is 0.390 e. The van der Waals surface area contributed by atoms with E-state index in [0.717, 1.165) is 0 Å². The highest BCUT2D eigenvalue weighted by atomic mass is 16.6. The molecule has 2 fully saturated rings. The molecule has 0 unspecified atom stereocenters. The molecule has 0 aromatic heterocycles. The van der Waals surface area contributed by atoms with Crippen LogP contribution in [0, 0.1) is 11.8 Å². The maximum atomic E-state index is 9.65. The Hall–Kier alpha value is -0.160. The topological polar surface area (TPSA) is 43.1 Å². The Labute approximate surface area is 97.5 Å². The molecule has 16 heavy (non-hydrogen) atoms. The molecule has 2 atom stereocenters. The third kappa shape index (κ3) is 1.68. The molecule has 94 valence electrons. The summed E-state index contributed by atoms with van der Waals surface area (Å²) < 4.78 is 11.8. The second kappa shape index (κ2) is 4.26. The Morgan fingerprint density at radius 3 is 1.88 bits per heavy atom. The zero-order valence-electron chi connectivity index (χ0n) is 10.7. The van der Waals surface area contributed by atoms with Crippen molar-refractivity contribution in [3.8, 4) is 0 Å². The van der Waals surface area contributed by atoms with E-state index in [1.807, 2.05) is 0 Å². The maximum Gasteiger partial charge on any atom is 0.196 e. The summed E-state index contributed by atoms with van der Waals surface area (Å²) in [6.07, 6.45) is 0.309. The molecule has 2 N–H and O–H groups in total. The predicted octanol–water partition coefficient (Wildman–Crippen LogP) is -0.373. The zero-order valence-corrected chi connectivity index (χ0v) is 10.7. The summed E-state index contributed by atoms with van der Waals surface area (Å²) in [5.74, 6) is 0.901. The van der Waals surface area contributed by atoms with Crippen molar-refractivity contribution in [1.29, 1.82) is 0 Å². The number of fused-ring (bicyclic) bond motifs is 1. The van der Waals surface area contributed by atoms with Crippen LogP contribution in [-0.4, -0.2) is 42.9 Å². The molecular weight excluding hydrogens is 206 g/mol. The molecule has 0 spiro atoms.